The molecule has 3 aliphatic heterocycles. The first-order valence-corrected chi connectivity index (χ1v) is 25.2. The minimum Gasteiger partial charge on any atom is -0.492 e. The van der Waals surface area contributed by atoms with Gasteiger partial charge in [0.1, 0.15) is 24.1 Å². The molecule has 14 nitrogen and oxygen atoms in total. The summed E-state index contributed by atoms with van der Waals surface area (Å²) in [5.41, 5.74) is 4.11. The highest BCUT2D eigenvalue weighted by Gasteiger charge is 2.65. The molecular weight excluding hydrogens is 889 g/mol. The molecule has 0 spiro atoms. The molecule has 2 aliphatic carbocycles. The van der Waals surface area contributed by atoms with Crippen LogP contribution < -0.4 is 9.47 Å². The molecule has 3 fully saturated rings. The van der Waals surface area contributed by atoms with Gasteiger partial charge >= 0.3 is 0 Å². The lowest BCUT2D eigenvalue weighted by Gasteiger charge is -2.60. The maximum Gasteiger partial charge on any atom is 0.269 e. The van der Waals surface area contributed by atoms with Gasteiger partial charge in [0.05, 0.1) is 29.8 Å². The Morgan fingerprint density at radius 2 is 1.79 bits per heavy atom. The van der Waals surface area contributed by atoms with E-state index in [1.807, 2.05) is 41.3 Å². The average molecular weight is 955 g/mol. The minimum atomic E-state index is -1.49. The summed E-state index contributed by atoms with van der Waals surface area (Å²) in [4.78, 5) is 37.1. The Balaban J connectivity index is 1.24. The van der Waals surface area contributed by atoms with E-state index in [4.69, 9.17) is 28.9 Å². The second-order valence-corrected chi connectivity index (χ2v) is 19.2. The van der Waals surface area contributed by atoms with Crippen molar-refractivity contribution in [2.45, 2.75) is 94.8 Å². The van der Waals surface area contributed by atoms with Crippen LogP contribution in [-0.4, -0.2) is 107 Å². The zero-order chi connectivity index (χ0) is 48.5. The minimum absolute atomic E-state index is 0.0352. The van der Waals surface area contributed by atoms with Gasteiger partial charge in [0, 0.05) is 81.9 Å². The van der Waals surface area contributed by atoms with Crippen molar-refractivity contribution in [3.63, 3.8) is 0 Å². The highest BCUT2D eigenvalue weighted by atomic mass is 16.8. The molecule has 0 aromatic heterocycles. The summed E-state index contributed by atoms with van der Waals surface area (Å²) in [6.45, 7) is 8.69. The Morgan fingerprint density at radius 1 is 0.986 bits per heavy atom. The maximum absolute atomic E-state index is 15.5. The molecule has 5 aliphatic rings. The van der Waals surface area contributed by atoms with Gasteiger partial charge in [-0.2, -0.15) is 0 Å². The van der Waals surface area contributed by atoms with Crippen LogP contribution >= 0.6 is 0 Å². The molecule has 4 aromatic rings. The number of ether oxygens (including phenoxy) is 4. The van der Waals surface area contributed by atoms with Crippen molar-refractivity contribution in [2.24, 2.45) is 22.9 Å². The number of hydrogen-bond acceptors (Lipinski definition) is 12. The molecule has 9 rings (SSSR count). The molecule has 0 radical (unpaired) electrons. The molecule has 2 saturated heterocycles. The number of nitro benzene ring substituents is 1. The Kier molecular flexibility index (Phi) is 16.1. The number of aliphatic hydroxyl groups excluding tert-OH is 2. The average Bonchev–Trinajstić information content (AvgIpc) is 4.22. The highest BCUT2D eigenvalue weighted by molar-refractivity contribution is 6.03. The van der Waals surface area contributed by atoms with Gasteiger partial charge in [0.2, 0.25) is 18.0 Å². The number of unbranched alkanes of at least 4 members (excludes halogenated alkanes) is 2. The fourth-order valence-electron chi connectivity index (χ4n) is 11.2. The van der Waals surface area contributed by atoms with Crippen LogP contribution in [0.3, 0.4) is 0 Å². The highest BCUT2D eigenvalue weighted by Crippen LogP contribution is 2.62. The predicted octanol–water partition coefficient (Wildman–Crippen LogP) is 9.34. The van der Waals surface area contributed by atoms with Crippen LogP contribution in [0, 0.1) is 27.9 Å². The number of aliphatic hydroxyl groups is 2. The van der Waals surface area contributed by atoms with E-state index < -0.39 is 29.0 Å². The number of hydrogen-bond donors (Lipinski definition) is 2. The smallest absolute Gasteiger partial charge is 0.269 e. The lowest BCUT2D eigenvalue weighted by molar-refractivity contribution is -0.384. The van der Waals surface area contributed by atoms with E-state index in [0.717, 1.165) is 91.4 Å². The zero-order valence-corrected chi connectivity index (χ0v) is 39.9. The second-order valence-electron chi connectivity index (χ2n) is 19.2. The summed E-state index contributed by atoms with van der Waals surface area (Å²) < 4.78 is 27.3. The van der Waals surface area contributed by atoms with Crippen molar-refractivity contribution < 1.29 is 43.7 Å². The summed E-state index contributed by atoms with van der Waals surface area (Å²) in [5, 5.41) is 38.7. The third-order valence-electron chi connectivity index (χ3n) is 14.7. The number of rotatable bonds is 23. The van der Waals surface area contributed by atoms with Crippen molar-refractivity contribution in [1.29, 1.82) is 0 Å². The molecular formula is C56H66N4O10. The van der Waals surface area contributed by atoms with Crippen molar-refractivity contribution in [3.05, 3.63) is 142 Å². The van der Waals surface area contributed by atoms with E-state index in [9.17, 15) is 20.3 Å². The molecule has 1 unspecified atom stereocenters. The SMILES string of the molecule is C=CCO[C@@]12Oc3ccc(OCCN4CC4)cc3[C@H]3[C@H](CCCCO)[C@@H](CCCCO)C=C(C(=NOC4CCCCO4)C[C@@H]1N(Cc1cccc4ccccc14)C(=O)C=Cc1ccc([N+](=O)[O-])cc1)[C@H]32. The van der Waals surface area contributed by atoms with E-state index in [1.165, 1.54) is 18.2 Å². The van der Waals surface area contributed by atoms with E-state index in [2.05, 4.69) is 41.8 Å². The van der Waals surface area contributed by atoms with Gasteiger partial charge in [-0.15, -0.1) is 6.58 Å². The fourth-order valence-corrected chi connectivity index (χ4v) is 11.2. The van der Waals surface area contributed by atoms with E-state index in [0.29, 0.717) is 49.5 Å². The van der Waals surface area contributed by atoms with E-state index >= 15 is 4.79 Å². The van der Waals surface area contributed by atoms with Gasteiger partial charge in [0.15, 0.2) is 0 Å². The number of non-ortho nitro benzene ring substituents is 1. The molecule has 70 heavy (non-hydrogen) atoms. The lowest BCUT2D eigenvalue weighted by atomic mass is 9.55. The summed E-state index contributed by atoms with van der Waals surface area (Å²) >= 11 is 0. The topological polar surface area (TPSA) is 165 Å². The van der Waals surface area contributed by atoms with Crippen LogP contribution in [0.1, 0.15) is 86.8 Å². The van der Waals surface area contributed by atoms with Crippen LogP contribution in [0.25, 0.3) is 16.8 Å². The van der Waals surface area contributed by atoms with Crippen molar-refractivity contribution >= 4 is 34.2 Å². The number of nitro groups is 1. The lowest BCUT2D eigenvalue weighted by Crippen LogP contribution is -2.70. The van der Waals surface area contributed by atoms with Crippen LogP contribution in [0.5, 0.6) is 11.5 Å². The van der Waals surface area contributed by atoms with Crippen LogP contribution in [0.15, 0.2) is 120 Å². The van der Waals surface area contributed by atoms with Crippen molar-refractivity contribution in [3.8, 4) is 11.5 Å². The molecule has 2 N–H and O–H groups in total. The fraction of sp³-hybridized carbons (Fsp3) is 0.464. The number of benzene rings is 4. The molecule has 3 heterocycles. The molecule has 1 saturated carbocycles. The van der Waals surface area contributed by atoms with Crippen molar-refractivity contribution in [1.82, 2.24) is 9.80 Å². The van der Waals surface area contributed by atoms with E-state index in [1.54, 1.807) is 24.3 Å². The number of fused-ring (bicyclic) bond motifs is 3. The quantitative estimate of drug-likeness (QED) is 0.0182. The van der Waals surface area contributed by atoms with Gasteiger partial charge in [-0.1, -0.05) is 72.6 Å². The maximum atomic E-state index is 15.5. The summed E-state index contributed by atoms with van der Waals surface area (Å²) in [6, 6.07) is 25.6. The monoisotopic (exact) mass is 954 g/mol. The first kappa shape index (κ1) is 49.1. The Hall–Kier alpha value is -5.90. The van der Waals surface area contributed by atoms with E-state index in [-0.39, 0.29) is 62.1 Å². The van der Waals surface area contributed by atoms with Gasteiger partial charge in [-0.25, -0.2) is 0 Å². The number of carbonyl (C=O) groups excluding carboxylic acids is 1. The molecule has 0 bridgehead atoms. The third kappa shape index (κ3) is 11.0. The number of carbonyl (C=O) groups is 1. The second kappa shape index (κ2) is 22.9. The van der Waals surface area contributed by atoms with Crippen molar-refractivity contribution in [2.75, 3.05) is 52.7 Å². The number of nitrogens with zero attached hydrogens (tertiary/aromatic N) is 4. The Labute approximate surface area is 410 Å². The third-order valence-corrected chi connectivity index (χ3v) is 14.7. The van der Waals surface area contributed by atoms with Crippen LogP contribution in [0.4, 0.5) is 5.69 Å². The normalized spacial score (nSPS) is 25.4. The molecule has 4 aromatic carbocycles. The van der Waals surface area contributed by atoms with Gasteiger partial charge in [-0.05, 0) is 114 Å². The molecule has 7 atom stereocenters. The van der Waals surface area contributed by atoms with Crippen LogP contribution in [0.2, 0.25) is 0 Å². The number of oxime groups is 1. The first-order chi connectivity index (χ1) is 34.3. The Morgan fingerprint density at radius 3 is 2.54 bits per heavy atom. The summed E-state index contributed by atoms with van der Waals surface area (Å²) in [5.74, 6) is -1.08. The summed E-state index contributed by atoms with van der Waals surface area (Å²) in [7, 11) is 0. The largest absolute Gasteiger partial charge is 0.492 e. The van der Waals surface area contributed by atoms with Gasteiger partial charge < -0.3 is 38.9 Å². The first-order valence-electron chi connectivity index (χ1n) is 25.2. The van der Waals surface area contributed by atoms with Gasteiger partial charge in [-0.3, -0.25) is 19.8 Å². The van der Waals surface area contributed by atoms with Crippen LogP contribution in [-0.2, 0) is 25.7 Å². The molecule has 370 valence electrons. The Bertz CT molecular complexity index is 2550. The number of allylic oxidation sites excluding steroid dienone is 1. The molecule has 14 heteroatoms. The number of amides is 1. The summed E-state index contributed by atoms with van der Waals surface area (Å²) in [6.07, 6.45) is 14.1. The zero-order valence-electron chi connectivity index (χ0n) is 39.9. The molecule has 1 amide bonds. The standard InChI is InChI=1S/C56H66N4O10/c1-2-32-68-56-51(59(38-42-15-11-14-40-12-3-4-16-45(40)42)52(63)26-21-39-19-22-43(23-20-39)60(64)65)37-49(57-70-53-18-7-10-33-67-53)47-35-41(13-5-8-30-61)46(17-6-9-31-62)54(55(47)56)48-36-44(24-25-50(48)69-56)66-34-29-58-27-28-58/h2-4,11-12,14-16,19-26,35-36,41,46,51,53-55,61-62H,1,5-10,13,17-18,27-34,37-38H2/t41-,46+,51-,53?,54+,55+,56+/m0/s1. The predicted molar refractivity (Wildman–Crippen MR) is 268 cm³/mol. The van der Waals surface area contributed by atoms with Gasteiger partial charge in [0.25, 0.3) is 5.69 Å².